The van der Waals surface area contributed by atoms with Crippen LogP contribution in [0.25, 0.3) is 0 Å². The molecule has 10 heteroatoms. The molecule has 1 atom stereocenters. The average molecular weight is 420 g/mol. The maximum absolute atomic E-state index is 14.4. The van der Waals surface area contributed by atoms with Crippen molar-refractivity contribution in [3.8, 4) is 17.4 Å². The normalized spacial score (nSPS) is 11.9. The van der Waals surface area contributed by atoms with Gasteiger partial charge in [-0.15, -0.1) is 0 Å². The lowest BCUT2D eigenvalue weighted by Gasteiger charge is -2.13. The van der Waals surface area contributed by atoms with Gasteiger partial charge in [0.05, 0.1) is 7.11 Å². The number of aromatic nitrogens is 1. The van der Waals surface area contributed by atoms with Crippen molar-refractivity contribution in [2.75, 3.05) is 7.11 Å². The lowest BCUT2D eigenvalue weighted by Crippen LogP contribution is -2.34. The van der Waals surface area contributed by atoms with Crippen molar-refractivity contribution in [1.82, 2.24) is 4.98 Å². The Morgan fingerprint density at radius 1 is 1.20 bits per heavy atom. The number of methoxy groups -OCH3 is 1. The van der Waals surface area contributed by atoms with Crippen LogP contribution in [-0.2, 0) is 22.4 Å². The van der Waals surface area contributed by atoms with E-state index in [1.165, 1.54) is 24.3 Å². The van der Waals surface area contributed by atoms with Crippen LogP contribution in [0.3, 0.4) is 0 Å². The molecule has 0 saturated heterocycles. The van der Waals surface area contributed by atoms with E-state index in [0.29, 0.717) is 5.56 Å². The van der Waals surface area contributed by atoms with Crippen molar-refractivity contribution in [2.24, 2.45) is 5.73 Å². The first-order chi connectivity index (χ1) is 14.3. The number of ether oxygens (including phenoxy) is 2. The zero-order chi connectivity index (χ0) is 21.8. The highest BCUT2D eigenvalue weighted by Crippen LogP contribution is 2.29. The quantitative estimate of drug-likeness (QED) is 0.501. The minimum absolute atomic E-state index is 0.0718. The number of aromatic amines is 1. The summed E-state index contributed by atoms with van der Waals surface area (Å²) in [5.41, 5.74) is 6.18. The molecule has 4 N–H and O–H groups in total. The number of halogens is 2. The number of nitrogens with one attached hydrogen (secondary N) is 1. The van der Waals surface area contributed by atoms with Crippen molar-refractivity contribution >= 4 is 5.97 Å². The van der Waals surface area contributed by atoms with Crippen molar-refractivity contribution < 1.29 is 32.6 Å². The summed E-state index contributed by atoms with van der Waals surface area (Å²) in [5, 5.41) is 9.54. The van der Waals surface area contributed by atoms with Gasteiger partial charge in [-0.2, -0.15) is 4.39 Å². The first-order valence-electron chi connectivity index (χ1n) is 8.76. The minimum Gasteiger partial charge on any atom is -0.492 e. The summed E-state index contributed by atoms with van der Waals surface area (Å²) in [5.74, 6) is -4.28. The molecule has 0 aliphatic carbocycles. The van der Waals surface area contributed by atoms with Gasteiger partial charge >= 0.3 is 11.7 Å². The van der Waals surface area contributed by atoms with E-state index in [-0.39, 0.29) is 41.5 Å². The van der Waals surface area contributed by atoms with Gasteiger partial charge in [-0.05, 0) is 29.3 Å². The van der Waals surface area contributed by atoms with E-state index in [9.17, 15) is 23.5 Å². The summed E-state index contributed by atoms with van der Waals surface area (Å²) in [4.78, 5) is 24.5. The van der Waals surface area contributed by atoms with Crippen LogP contribution in [0.15, 0.2) is 45.6 Å². The molecule has 2 aromatic carbocycles. The van der Waals surface area contributed by atoms with Crippen molar-refractivity contribution in [1.29, 1.82) is 0 Å². The molecule has 1 heterocycles. The van der Waals surface area contributed by atoms with E-state index in [2.05, 4.69) is 9.72 Å². The monoisotopic (exact) mass is 420 g/mol. The molecule has 8 nitrogen and oxygen atoms in total. The third-order valence-electron chi connectivity index (χ3n) is 4.29. The van der Waals surface area contributed by atoms with Crippen LogP contribution in [0.5, 0.6) is 17.4 Å². The van der Waals surface area contributed by atoms with Crippen LogP contribution >= 0.6 is 0 Å². The van der Waals surface area contributed by atoms with Crippen molar-refractivity contribution in [3.05, 3.63) is 75.5 Å². The fraction of sp³-hybridized carbons (Fsp3) is 0.200. The molecule has 3 aromatic rings. The largest absolute Gasteiger partial charge is 0.492 e. The summed E-state index contributed by atoms with van der Waals surface area (Å²) in [6.45, 7) is 0. The van der Waals surface area contributed by atoms with Gasteiger partial charge in [0.25, 0.3) is 0 Å². The number of hydrogen-bond donors (Lipinski definition) is 3. The molecular formula is C20H18F2N2O6. The highest BCUT2D eigenvalue weighted by atomic mass is 19.2. The molecule has 0 spiro atoms. The molecule has 0 aliphatic rings. The minimum atomic E-state index is -1.22. The Hall–Kier alpha value is -3.66. The second-order valence-electron chi connectivity index (χ2n) is 6.39. The van der Waals surface area contributed by atoms with Gasteiger partial charge in [-0.25, -0.2) is 9.18 Å². The molecule has 0 radical (unpaired) electrons. The van der Waals surface area contributed by atoms with Crippen LogP contribution in [0, 0.1) is 11.6 Å². The fourth-order valence-electron chi connectivity index (χ4n) is 2.74. The van der Waals surface area contributed by atoms with Crippen molar-refractivity contribution in [2.45, 2.75) is 18.9 Å². The summed E-state index contributed by atoms with van der Waals surface area (Å²) in [6.07, 6.45) is -0.0878. The van der Waals surface area contributed by atoms with Crippen LogP contribution in [0.4, 0.5) is 8.78 Å². The molecular weight excluding hydrogens is 402 g/mol. The van der Waals surface area contributed by atoms with Gasteiger partial charge in [0.15, 0.2) is 17.3 Å². The summed E-state index contributed by atoms with van der Waals surface area (Å²) < 4.78 is 43.3. The molecule has 30 heavy (non-hydrogen) atoms. The van der Waals surface area contributed by atoms with Crippen molar-refractivity contribution in [3.63, 3.8) is 0 Å². The van der Waals surface area contributed by atoms with Crippen LogP contribution in [0.1, 0.15) is 16.9 Å². The van der Waals surface area contributed by atoms with E-state index in [1.807, 2.05) is 0 Å². The number of H-pyrrole nitrogens is 1. The van der Waals surface area contributed by atoms with Gasteiger partial charge in [-0.1, -0.05) is 18.2 Å². The zero-order valence-electron chi connectivity index (χ0n) is 15.8. The predicted molar refractivity (Wildman–Crippen MR) is 100 cm³/mol. The van der Waals surface area contributed by atoms with Gasteiger partial charge in [0, 0.05) is 12.8 Å². The Labute approximate surface area is 168 Å². The van der Waals surface area contributed by atoms with E-state index in [4.69, 9.17) is 14.9 Å². The standard InChI is InChI=1S/C20H18F2N2O6/c1-28-19(26)13(23)9-11-4-7-14(17(22)16(11)21)29-12-5-2-10(3-6-12)8-15-18(25)24-20(27)30-15/h2-7,13,25H,8-9,23H2,1H3,(H,24,27). The maximum Gasteiger partial charge on any atom is 0.419 e. The molecule has 1 aromatic heterocycles. The first-order valence-corrected chi connectivity index (χ1v) is 8.76. The first kappa shape index (κ1) is 21.1. The molecule has 0 bridgehead atoms. The number of carbonyl (C=O) groups excluding carboxylic acids is 1. The Kier molecular flexibility index (Phi) is 6.17. The van der Waals surface area contributed by atoms with Gasteiger partial charge in [-0.3, -0.25) is 9.78 Å². The van der Waals surface area contributed by atoms with E-state index >= 15 is 0 Å². The Bertz CT molecular complexity index is 1110. The van der Waals surface area contributed by atoms with E-state index < -0.39 is 29.4 Å². The molecule has 1 unspecified atom stereocenters. The number of oxazole rings is 1. The topological polar surface area (TPSA) is 128 Å². The highest BCUT2D eigenvalue weighted by molar-refractivity contribution is 5.75. The zero-order valence-corrected chi connectivity index (χ0v) is 15.8. The number of carbonyl (C=O) groups is 1. The lowest BCUT2D eigenvalue weighted by molar-refractivity contribution is -0.142. The predicted octanol–water partition coefficient (Wildman–Crippen LogP) is 2.38. The summed E-state index contributed by atoms with van der Waals surface area (Å²) in [6, 6.07) is 7.64. The fourth-order valence-corrected chi connectivity index (χ4v) is 2.74. The van der Waals surface area contributed by atoms with E-state index in [0.717, 1.165) is 7.11 Å². The third-order valence-corrected chi connectivity index (χ3v) is 4.29. The maximum atomic E-state index is 14.4. The van der Waals surface area contributed by atoms with Crippen LogP contribution in [-0.4, -0.2) is 29.2 Å². The molecule has 0 saturated carbocycles. The third kappa shape index (κ3) is 4.66. The van der Waals surface area contributed by atoms with Gasteiger partial charge in [0.2, 0.25) is 11.7 Å². The second-order valence-corrected chi connectivity index (χ2v) is 6.39. The summed E-state index contributed by atoms with van der Waals surface area (Å²) in [7, 11) is 1.15. The van der Waals surface area contributed by atoms with Gasteiger partial charge in [0.1, 0.15) is 11.8 Å². The SMILES string of the molecule is COC(=O)C(N)Cc1ccc(Oc2ccc(Cc3oc(=O)[nH]c3O)cc2)c(F)c1F. The molecule has 0 fully saturated rings. The summed E-state index contributed by atoms with van der Waals surface area (Å²) >= 11 is 0. The van der Waals surface area contributed by atoms with Crippen LogP contribution in [0.2, 0.25) is 0 Å². The molecule has 3 rings (SSSR count). The smallest absolute Gasteiger partial charge is 0.419 e. The number of rotatable bonds is 7. The number of hydrogen-bond acceptors (Lipinski definition) is 7. The Morgan fingerprint density at radius 2 is 1.90 bits per heavy atom. The number of esters is 1. The lowest BCUT2D eigenvalue weighted by atomic mass is 10.1. The second kappa shape index (κ2) is 8.78. The van der Waals surface area contributed by atoms with E-state index in [1.54, 1.807) is 12.1 Å². The van der Waals surface area contributed by atoms with Crippen LogP contribution < -0.4 is 16.2 Å². The van der Waals surface area contributed by atoms with Gasteiger partial charge < -0.3 is 24.7 Å². The molecule has 0 amide bonds. The molecule has 0 aliphatic heterocycles. The number of aromatic hydroxyl groups is 1. The highest BCUT2D eigenvalue weighted by Gasteiger charge is 2.21. The Balaban J connectivity index is 1.71. The average Bonchev–Trinajstić information content (AvgIpc) is 3.04. The number of benzene rings is 2. The Morgan fingerprint density at radius 3 is 2.50 bits per heavy atom. The number of nitrogens with two attached hydrogens (primary N) is 1. The molecule has 158 valence electrons.